The van der Waals surface area contributed by atoms with E-state index in [0.29, 0.717) is 12.1 Å². The standard InChI is InChI=1S/C15H30N2O2/c1-11(2)16-14(15(18)19-5)7-9-17-8-6-12(3)10-13(17)4/h11-14,16H,6-10H2,1-5H3. The Morgan fingerprint density at radius 1 is 1.42 bits per heavy atom. The summed E-state index contributed by atoms with van der Waals surface area (Å²) in [6, 6.07) is 0.737. The van der Waals surface area contributed by atoms with E-state index in [1.807, 2.05) is 0 Å². The quantitative estimate of drug-likeness (QED) is 0.750. The van der Waals surface area contributed by atoms with Crippen molar-refractivity contribution in [1.82, 2.24) is 10.2 Å². The van der Waals surface area contributed by atoms with Crippen LogP contribution in [0.1, 0.15) is 47.0 Å². The Kier molecular flexibility index (Phi) is 6.80. The molecule has 0 amide bonds. The second-order valence-corrected chi connectivity index (χ2v) is 6.20. The van der Waals surface area contributed by atoms with Crippen LogP contribution in [0.15, 0.2) is 0 Å². The minimum atomic E-state index is -0.184. The maximum atomic E-state index is 11.8. The number of rotatable bonds is 6. The second-order valence-electron chi connectivity index (χ2n) is 6.20. The molecule has 0 saturated carbocycles. The highest BCUT2D eigenvalue weighted by Gasteiger charge is 2.25. The number of likely N-dealkylation sites (tertiary alicyclic amines) is 1. The van der Waals surface area contributed by atoms with E-state index in [0.717, 1.165) is 25.4 Å². The fourth-order valence-electron chi connectivity index (χ4n) is 2.90. The number of esters is 1. The molecule has 1 N–H and O–H groups in total. The van der Waals surface area contributed by atoms with Crippen molar-refractivity contribution in [2.45, 2.75) is 65.1 Å². The maximum absolute atomic E-state index is 11.8. The van der Waals surface area contributed by atoms with Crippen molar-refractivity contribution < 1.29 is 9.53 Å². The van der Waals surface area contributed by atoms with Crippen LogP contribution >= 0.6 is 0 Å². The lowest BCUT2D eigenvalue weighted by Gasteiger charge is -2.37. The van der Waals surface area contributed by atoms with Gasteiger partial charge < -0.3 is 15.0 Å². The molecule has 1 saturated heterocycles. The van der Waals surface area contributed by atoms with Gasteiger partial charge in [-0.3, -0.25) is 4.79 Å². The first kappa shape index (κ1) is 16.4. The summed E-state index contributed by atoms with van der Waals surface area (Å²) < 4.78 is 4.88. The Morgan fingerprint density at radius 3 is 2.63 bits per heavy atom. The van der Waals surface area contributed by atoms with Crippen LogP contribution in [0.2, 0.25) is 0 Å². The van der Waals surface area contributed by atoms with Gasteiger partial charge in [0, 0.05) is 18.6 Å². The number of hydrogen-bond donors (Lipinski definition) is 1. The summed E-state index contributed by atoms with van der Waals surface area (Å²) in [5.74, 6) is 0.683. The molecule has 0 aromatic heterocycles. The van der Waals surface area contributed by atoms with Gasteiger partial charge in [-0.15, -0.1) is 0 Å². The highest BCUT2D eigenvalue weighted by molar-refractivity contribution is 5.75. The molecule has 0 spiro atoms. The van der Waals surface area contributed by atoms with Crippen molar-refractivity contribution in [2.75, 3.05) is 20.2 Å². The molecule has 1 rings (SSSR count). The molecule has 19 heavy (non-hydrogen) atoms. The van der Waals surface area contributed by atoms with E-state index in [9.17, 15) is 4.79 Å². The van der Waals surface area contributed by atoms with Gasteiger partial charge in [0.15, 0.2) is 0 Å². The van der Waals surface area contributed by atoms with Gasteiger partial charge >= 0.3 is 5.97 Å². The summed E-state index contributed by atoms with van der Waals surface area (Å²) in [5, 5.41) is 3.29. The topological polar surface area (TPSA) is 41.6 Å². The molecule has 0 radical (unpaired) electrons. The van der Waals surface area contributed by atoms with Crippen LogP contribution in [-0.4, -0.2) is 49.2 Å². The van der Waals surface area contributed by atoms with E-state index in [1.165, 1.54) is 20.0 Å². The molecule has 1 fully saturated rings. The molecule has 4 nitrogen and oxygen atoms in total. The Morgan fingerprint density at radius 2 is 2.11 bits per heavy atom. The van der Waals surface area contributed by atoms with Gasteiger partial charge in [-0.1, -0.05) is 20.8 Å². The molecule has 1 heterocycles. The first-order chi connectivity index (χ1) is 8.93. The molecule has 0 aliphatic carbocycles. The van der Waals surface area contributed by atoms with Crippen molar-refractivity contribution in [3.63, 3.8) is 0 Å². The molecule has 3 atom stereocenters. The number of nitrogens with zero attached hydrogens (tertiary/aromatic N) is 1. The van der Waals surface area contributed by atoms with Crippen LogP contribution in [0, 0.1) is 5.92 Å². The Labute approximate surface area is 117 Å². The van der Waals surface area contributed by atoms with Gasteiger partial charge in [0.25, 0.3) is 0 Å². The molecule has 112 valence electrons. The predicted molar refractivity (Wildman–Crippen MR) is 78.1 cm³/mol. The van der Waals surface area contributed by atoms with Crippen molar-refractivity contribution in [3.8, 4) is 0 Å². The summed E-state index contributed by atoms with van der Waals surface area (Å²) >= 11 is 0. The number of methoxy groups -OCH3 is 1. The fourth-order valence-corrected chi connectivity index (χ4v) is 2.90. The average molecular weight is 270 g/mol. The minimum Gasteiger partial charge on any atom is -0.468 e. The molecular formula is C15H30N2O2. The smallest absolute Gasteiger partial charge is 0.322 e. The zero-order chi connectivity index (χ0) is 14.4. The van der Waals surface area contributed by atoms with E-state index in [4.69, 9.17) is 4.74 Å². The first-order valence-corrected chi connectivity index (χ1v) is 7.52. The van der Waals surface area contributed by atoms with E-state index in [-0.39, 0.29) is 12.0 Å². The molecule has 0 aromatic rings. The largest absolute Gasteiger partial charge is 0.468 e. The van der Waals surface area contributed by atoms with Crippen molar-refractivity contribution in [1.29, 1.82) is 0 Å². The number of hydrogen-bond acceptors (Lipinski definition) is 4. The van der Waals surface area contributed by atoms with E-state index >= 15 is 0 Å². The third-order valence-corrected chi connectivity index (χ3v) is 4.00. The highest BCUT2D eigenvalue weighted by atomic mass is 16.5. The molecule has 4 heteroatoms. The van der Waals surface area contributed by atoms with E-state index in [2.05, 4.69) is 37.9 Å². The van der Waals surface area contributed by atoms with E-state index in [1.54, 1.807) is 0 Å². The lowest BCUT2D eigenvalue weighted by molar-refractivity contribution is -0.143. The van der Waals surface area contributed by atoms with Crippen LogP contribution in [0.3, 0.4) is 0 Å². The Bertz CT molecular complexity index is 281. The molecule has 1 aliphatic heterocycles. The van der Waals surface area contributed by atoms with Crippen molar-refractivity contribution >= 4 is 5.97 Å². The summed E-state index contributed by atoms with van der Waals surface area (Å²) in [6.45, 7) is 10.8. The number of ether oxygens (including phenoxy) is 1. The summed E-state index contributed by atoms with van der Waals surface area (Å²) in [6.07, 6.45) is 3.36. The zero-order valence-electron chi connectivity index (χ0n) is 13.1. The lowest BCUT2D eigenvalue weighted by Crippen LogP contribution is -2.46. The van der Waals surface area contributed by atoms with Gasteiger partial charge in [-0.25, -0.2) is 0 Å². The van der Waals surface area contributed by atoms with Gasteiger partial charge in [-0.2, -0.15) is 0 Å². The van der Waals surface area contributed by atoms with Crippen LogP contribution in [0.5, 0.6) is 0 Å². The molecule has 1 aliphatic rings. The number of piperidine rings is 1. The van der Waals surface area contributed by atoms with Crippen LogP contribution in [0.25, 0.3) is 0 Å². The van der Waals surface area contributed by atoms with E-state index < -0.39 is 0 Å². The van der Waals surface area contributed by atoms with Gasteiger partial charge in [0.05, 0.1) is 7.11 Å². The third-order valence-electron chi connectivity index (χ3n) is 4.00. The zero-order valence-corrected chi connectivity index (χ0v) is 13.1. The normalized spacial score (nSPS) is 26.4. The summed E-state index contributed by atoms with van der Waals surface area (Å²) in [5.41, 5.74) is 0. The number of carbonyl (C=O) groups is 1. The predicted octanol–water partition coefficient (Wildman–Crippen LogP) is 2.04. The third kappa shape index (κ3) is 5.49. The second kappa shape index (κ2) is 7.85. The summed E-state index contributed by atoms with van der Waals surface area (Å²) in [7, 11) is 1.46. The minimum absolute atomic E-state index is 0.147. The Hall–Kier alpha value is -0.610. The number of carbonyl (C=O) groups excluding carboxylic acids is 1. The van der Waals surface area contributed by atoms with Gasteiger partial charge in [0.1, 0.15) is 6.04 Å². The maximum Gasteiger partial charge on any atom is 0.322 e. The summed E-state index contributed by atoms with van der Waals surface area (Å²) in [4.78, 5) is 14.2. The first-order valence-electron chi connectivity index (χ1n) is 7.52. The lowest BCUT2D eigenvalue weighted by atomic mass is 9.93. The van der Waals surface area contributed by atoms with Crippen LogP contribution < -0.4 is 5.32 Å². The monoisotopic (exact) mass is 270 g/mol. The van der Waals surface area contributed by atoms with Crippen LogP contribution in [0.4, 0.5) is 0 Å². The molecule has 0 aromatic carbocycles. The van der Waals surface area contributed by atoms with Crippen molar-refractivity contribution in [3.05, 3.63) is 0 Å². The Balaban J connectivity index is 2.44. The fraction of sp³-hybridized carbons (Fsp3) is 0.933. The number of nitrogens with one attached hydrogen (secondary N) is 1. The highest BCUT2D eigenvalue weighted by Crippen LogP contribution is 2.22. The SMILES string of the molecule is COC(=O)C(CCN1CCC(C)CC1C)NC(C)C. The average Bonchev–Trinajstić information content (AvgIpc) is 2.34. The molecule has 0 bridgehead atoms. The van der Waals surface area contributed by atoms with Crippen LogP contribution in [-0.2, 0) is 9.53 Å². The molecule has 3 unspecified atom stereocenters. The molecular weight excluding hydrogens is 240 g/mol. The van der Waals surface area contributed by atoms with Gasteiger partial charge in [-0.05, 0) is 38.6 Å². The van der Waals surface area contributed by atoms with Gasteiger partial charge in [0.2, 0.25) is 0 Å². The van der Waals surface area contributed by atoms with Crippen molar-refractivity contribution in [2.24, 2.45) is 5.92 Å².